The van der Waals surface area contributed by atoms with E-state index in [1.807, 2.05) is 0 Å². The molecular formula is C18H14Cl3NO4S. The summed E-state index contributed by atoms with van der Waals surface area (Å²) in [5.74, 6) is 0.0255. The Labute approximate surface area is 171 Å². The van der Waals surface area contributed by atoms with E-state index in [0.717, 1.165) is 0 Å². The normalized spacial score (nSPS) is 11.6. The molecule has 27 heavy (non-hydrogen) atoms. The van der Waals surface area contributed by atoms with Crippen molar-refractivity contribution in [2.45, 2.75) is 18.7 Å². The number of fused-ring (bicyclic) bond motifs is 1. The molecule has 0 unspecified atom stereocenters. The van der Waals surface area contributed by atoms with Gasteiger partial charge in [0.1, 0.15) is 16.2 Å². The average Bonchev–Trinajstić information content (AvgIpc) is 2.61. The van der Waals surface area contributed by atoms with E-state index in [1.54, 1.807) is 32.0 Å². The molecule has 1 aromatic heterocycles. The van der Waals surface area contributed by atoms with Crippen LogP contribution in [0.25, 0.3) is 10.9 Å². The molecule has 0 atom stereocenters. The second-order valence-electron chi connectivity index (χ2n) is 5.59. The van der Waals surface area contributed by atoms with E-state index in [9.17, 15) is 8.42 Å². The van der Waals surface area contributed by atoms with Crippen LogP contribution in [0.5, 0.6) is 11.5 Å². The van der Waals surface area contributed by atoms with Gasteiger partial charge in [-0.25, -0.2) is 0 Å². The molecule has 0 radical (unpaired) electrons. The zero-order valence-electron chi connectivity index (χ0n) is 14.3. The van der Waals surface area contributed by atoms with E-state index < -0.39 is 10.1 Å². The summed E-state index contributed by atoms with van der Waals surface area (Å²) < 4.78 is 36.7. The molecule has 5 nitrogen and oxygen atoms in total. The maximum atomic E-state index is 13.0. The van der Waals surface area contributed by atoms with E-state index in [4.69, 9.17) is 43.7 Å². The first-order chi connectivity index (χ1) is 12.7. The van der Waals surface area contributed by atoms with Gasteiger partial charge >= 0.3 is 10.1 Å². The van der Waals surface area contributed by atoms with Crippen LogP contribution < -0.4 is 8.92 Å². The van der Waals surface area contributed by atoms with Gasteiger partial charge in [0.2, 0.25) is 0 Å². The molecule has 0 aliphatic heterocycles. The molecule has 0 N–H and O–H groups in total. The maximum Gasteiger partial charge on any atom is 0.343 e. The minimum absolute atomic E-state index is 0.0194. The highest BCUT2D eigenvalue weighted by molar-refractivity contribution is 7.87. The monoisotopic (exact) mass is 445 g/mol. The molecule has 2 aromatic carbocycles. The number of halogens is 3. The summed E-state index contributed by atoms with van der Waals surface area (Å²) in [6.45, 7) is 3.76. The molecule has 0 saturated carbocycles. The Kier molecular flexibility index (Phi) is 5.72. The lowest BCUT2D eigenvalue weighted by Gasteiger charge is -2.15. The van der Waals surface area contributed by atoms with Crippen molar-refractivity contribution in [3.8, 4) is 11.5 Å². The van der Waals surface area contributed by atoms with Crippen LogP contribution in [-0.2, 0) is 10.1 Å². The highest BCUT2D eigenvalue weighted by atomic mass is 35.5. The Morgan fingerprint density at radius 1 is 1.07 bits per heavy atom. The second-order valence-corrected chi connectivity index (χ2v) is 8.32. The van der Waals surface area contributed by atoms with E-state index >= 15 is 0 Å². The predicted molar refractivity (Wildman–Crippen MR) is 107 cm³/mol. The van der Waals surface area contributed by atoms with Gasteiger partial charge in [0.15, 0.2) is 5.75 Å². The number of pyridine rings is 1. The molecule has 0 aliphatic carbocycles. The Bertz CT molecular complexity index is 1130. The van der Waals surface area contributed by atoms with E-state index in [1.165, 1.54) is 18.3 Å². The standard InChI is InChI=1S/C18H14Cl3NO4S/c1-3-25-15-7-10(2)12(19)9-16(15)27(23,24)26-18-14(21)8-13(20)11-5-4-6-22-17(11)18/h4-9H,3H2,1-2H3. The summed E-state index contributed by atoms with van der Waals surface area (Å²) >= 11 is 18.5. The molecule has 1 heterocycles. The van der Waals surface area contributed by atoms with Crippen molar-refractivity contribution in [3.63, 3.8) is 0 Å². The van der Waals surface area contributed by atoms with Crippen LogP contribution in [0.2, 0.25) is 15.1 Å². The Morgan fingerprint density at radius 3 is 2.52 bits per heavy atom. The molecule has 0 fully saturated rings. The molecule has 0 amide bonds. The van der Waals surface area contributed by atoms with Crippen LogP contribution in [0.15, 0.2) is 41.4 Å². The molecule has 0 aliphatic rings. The summed E-state index contributed by atoms with van der Waals surface area (Å²) in [6, 6.07) is 7.60. The third kappa shape index (κ3) is 3.94. The molecule has 0 bridgehead atoms. The van der Waals surface area contributed by atoms with E-state index in [2.05, 4.69) is 4.98 Å². The van der Waals surface area contributed by atoms with Gasteiger partial charge in [-0.05, 0) is 49.7 Å². The second kappa shape index (κ2) is 7.72. The number of nitrogens with zero attached hydrogens (tertiary/aromatic N) is 1. The van der Waals surface area contributed by atoms with Crippen LogP contribution in [0.3, 0.4) is 0 Å². The molecule has 0 saturated heterocycles. The first-order valence-electron chi connectivity index (χ1n) is 7.84. The SMILES string of the molecule is CCOc1cc(C)c(Cl)cc1S(=O)(=O)Oc1c(Cl)cc(Cl)c2cccnc12. The van der Waals surface area contributed by atoms with Crippen molar-refractivity contribution in [1.29, 1.82) is 0 Å². The fraction of sp³-hybridized carbons (Fsp3) is 0.167. The first kappa shape index (κ1) is 20.0. The van der Waals surface area contributed by atoms with Gasteiger partial charge in [-0.1, -0.05) is 34.8 Å². The molecule has 3 aromatic rings. The summed E-state index contributed by atoms with van der Waals surface area (Å²) in [4.78, 5) is 3.96. The third-order valence-corrected chi connectivity index (χ3v) is 5.98. The number of aromatic nitrogens is 1. The van der Waals surface area contributed by atoms with Crippen molar-refractivity contribution in [1.82, 2.24) is 4.98 Å². The van der Waals surface area contributed by atoms with Crippen molar-refractivity contribution < 1.29 is 17.3 Å². The maximum absolute atomic E-state index is 13.0. The van der Waals surface area contributed by atoms with Crippen LogP contribution >= 0.6 is 34.8 Å². The molecule has 9 heteroatoms. The number of hydrogen-bond donors (Lipinski definition) is 0. The lowest BCUT2D eigenvalue weighted by Crippen LogP contribution is -2.13. The zero-order valence-corrected chi connectivity index (χ0v) is 17.4. The average molecular weight is 447 g/mol. The molecule has 142 valence electrons. The summed E-state index contributed by atoms with van der Waals surface area (Å²) in [6.07, 6.45) is 1.49. The van der Waals surface area contributed by atoms with Gasteiger partial charge in [0.25, 0.3) is 0 Å². The number of benzene rings is 2. The number of ether oxygens (including phenoxy) is 1. The van der Waals surface area contributed by atoms with Gasteiger partial charge in [0, 0.05) is 16.6 Å². The van der Waals surface area contributed by atoms with Crippen LogP contribution in [0.1, 0.15) is 12.5 Å². The Morgan fingerprint density at radius 2 is 1.81 bits per heavy atom. The largest absolute Gasteiger partial charge is 0.492 e. The van der Waals surface area contributed by atoms with Crippen LogP contribution in [-0.4, -0.2) is 20.0 Å². The van der Waals surface area contributed by atoms with Gasteiger partial charge in [0.05, 0.1) is 16.7 Å². The van der Waals surface area contributed by atoms with Crippen molar-refractivity contribution >= 4 is 55.8 Å². The van der Waals surface area contributed by atoms with Crippen molar-refractivity contribution in [2.75, 3.05) is 6.61 Å². The van der Waals surface area contributed by atoms with E-state index in [-0.39, 0.29) is 38.6 Å². The van der Waals surface area contributed by atoms with Crippen molar-refractivity contribution in [3.05, 3.63) is 57.2 Å². The number of hydrogen-bond acceptors (Lipinski definition) is 5. The zero-order chi connectivity index (χ0) is 19.8. The van der Waals surface area contributed by atoms with Crippen LogP contribution in [0, 0.1) is 6.92 Å². The minimum Gasteiger partial charge on any atom is -0.492 e. The predicted octanol–water partition coefficient (Wildman–Crippen LogP) is 5.67. The smallest absolute Gasteiger partial charge is 0.343 e. The van der Waals surface area contributed by atoms with Gasteiger partial charge in [-0.15, -0.1) is 0 Å². The van der Waals surface area contributed by atoms with Crippen LogP contribution in [0.4, 0.5) is 0 Å². The first-order valence-corrected chi connectivity index (χ1v) is 10.4. The summed E-state index contributed by atoms with van der Waals surface area (Å²) in [5.41, 5.74) is 0.908. The van der Waals surface area contributed by atoms with Crippen molar-refractivity contribution in [2.24, 2.45) is 0 Å². The molecule has 0 spiro atoms. The highest BCUT2D eigenvalue weighted by Crippen LogP contribution is 2.40. The van der Waals surface area contributed by atoms with Gasteiger partial charge < -0.3 is 8.92 Å². The minimum atomic E-state index is -4.31. The lowest BCUT2D eigenvalue weighted by atomic mass is 10.2. The summed E-state index contributed by atoms with van der Waals surface area (Å²) in [7, 11) is -4.31. The fourth-order valence-corrected chi connectivity index (χ4v) is 4.41. The van der Waals surface area contributed by atoms with E-state index in [0.29, 0.717) is 16.0 Å². The summed E-state index contributed by atoms with van der Waals surface area (Å²) in [5, 5.41) is 1.14. The highest BCUT2D eigenvalue weighted by Gasteiger charge is 2.26. The van der Waals surface area contributed by atoms with Gasteiger partial charge in [-0.2, -0.15) is 8.42 Å². The quantitative estimate of drug-likeness (QED) is 0.472. The Hall–Kier alpha value is -1.73. The number of rotatable bonds is 5. The Balaban J connectivity index is 2.17. The fourth-order valence-electron chi connectivity index (χ4n) is 2.48. The lowest BCUT2D eigenvalue weighted by molar-refractivity contribution is 0.329. The topological polar surface area (TPSA) is 65.5 Å². The third-order valence-electron chi connectivity index (χ3n) is 3.74. The van der Waals surface area contributed by atoms with Gasteiger partial charge in [-0.3, -0.25) is 4.98 Å². The number of aryl methyl sites for hydroxylation is 1. The molecular weight excluding hydrogens is 433 g/mol. The molecule has 3 rings (SSSR count).